The molecule has 0 fully saturated rings. The summed E-state index contributed by atoms with van der Waals surface area (Å²) in [5.74, 6) is 0.178. The average molecular weight is 239 g/mol. The molecule has 2 nitrogen and oxygen atoms in total. The van der Waals surface area contributed by atoms with E-state index in [1.165, 1.54) is 5.56 Å². The third kappa shape index (κ3) is 2.98. The lowest BCUT2D eigenvalue weighted by molar-refractivity contribution is 0.0988. The van der Waals surface area contributed by atoms with Crippen LogP contribution < -0.4 is 5.32 Å². The van der Waals surface area contributed by atoms with Crippen LogP contribution in [0.25, 0.3) is 0 Å². The lowest BCUT2D eigenvalue weighted by Gasteiger charge is -2.07. The molecule has 18 heavy (non-hydrogen) atoms. The summed E-state index contributed by atoms with van der Waals surface area (Å²) < 4.78 is 0. The third-order valence-electron chi connectivity index (χ3n) is 2.87. The van der Waals surface area contributed by atoms with Gasteiger partial charge in [0, 0.05) is 23.4 Å². The van der Waals surface area contributed by atoms with Crippen LogP contribution in [0.15, 0.2) is 48.5 Å². The number of hydrogen-bond acceptors (Lipinski definition) is 2. The van der Waals surface area contributed by atoms with Crippen molar-refractivity contribution in [2.24, 2.45) is 0 Å². The van der Waals surface area contributed by atoms with Gasteiger partial charge in [0.25, 0.3) is 0 Å². The maximum atomic E-state index is 11.5. The molecule has 0 aromatic heterocycles. The van der Waals surface area contributed by atoms with Gasteiger partial charge in [-0.1, -0.05) is 24.6 Å². The SMILES string of the molecule is CCC(=O)c1ccc(Nc2ccc(C)cc2)cc1. The number of rotatable bonds is 4. The highest BCUT2D eigenvalue weighted by atomic mass is 16.1. The number of hydrogen-bond donors (Lipinski definition) is 1. The molecule has 0 bridgehead atoms. The summed E-state index contributed by atoms with van der Waals surface area (Å²) in [6.07, 6.45) is 0.546. The second kappa shape index (κ2) is 5.50. The Morgan fingerprint density at radius 3 is 1.94 bits per heavy atom. The van der Waals surface area contributed by atoms with Crippen LogP contribution in [0.4, 0.5) is 11.4 Å². The molecule has 0 spiro atoms. The Bertz CT molecular complexity index is 526. The predicted octanol–water partition coefficient (Wildman–Crippen LogP) is 4.33. The molecular weight excluding hydrogens is 222 g/mol. The van der Waals surface area contributed by atoms with E-state index in [0.717, 1.165) is 16.9 Å². The van der Waals surface area contributed by atoms with Gasteiger partial charge in [0.1, 0.15) is 0 Å². The van der Waals surface area contributed by atoms with Crippen LogP contribution in [0, 0.1) is 6.92 Å². The molecule has 1 N–H and O–H groups in total. The molecule has 0 radical (unpaired) electrons. The highest BCUT2D eigenvalue weighted by Crippen LogP contribution is 2.18. The van der Waals surface area contributed by atoms with Crippen LogP contribution in [0.3, 0.4) is 0 Å². The van der Waals surface area contributed by atoms with Gasteiger partial charge >= 0.3 is 0 Å². The standard InChI is InChI=1S/C16H17NO/c1-3-16(18)13-6-10-15(11-7-13)17-14-8-4-12(2)5-9-14/h4-11,17H,3H2,1-2H3. The third-order valence-corrected chi connectivity index (χ3v) is 2.87. The van der Waals surface area contributed by atoms with Crippen molar-refractivity contribution in [1.82, 2.24) is 0 Å². The van der Waals surface area contributed by atoms with Gasteiger partial charge in [-0.15, -0.1) is 0 Å². The summed E-state index contributed by atoms with van der Waals surface area (Å²) in [4.78, 5) is 11.5. The minimum atomic E-state index is 0.178. The monoisotopic (exact) mass is 239 g/mol. The summed E-state index contributed by atoms with van der Waals surface area (Å²) in [7, 11) is 0. The van der Waals surface area contributed by atoms with Gasteiger partial charge in [0.15, 0.2) is 5.78 Å². The van der Waals surface area contributed by atoms with Gasteiger partial charge in [0.2, 0.25) is 0 Å². The van der Waals surface area contributed by atoms with E-state index in [2.05, 4.69) is 24.4 Å². The van der Waals surface area contributed by atoms with Crippen LogP contribution >= 0.6 is 0 Å². The van der Waals surface area contributed by atoms with Crippen molar-refractivity contribution in [1.29, 1.82) is 0 Å². The summed E-state index contributed by atoms with van der Waals surface area (Å²) in [5, 5.41) is 3.30. The van der Waals surface area contributed by atoms with E-state index in [-0.39, 0.29) is 5.78 Å². The Kier molecular flexibility index (Phi) is 3.78. The van der Waals surface area contributed by atoms with Crippen LogP contribution in [0.2, 0.25) is 0 Å². The number of ketones is 1. The highest BCUT2D eigenvalue weighted by molar-refractivity contribution is 5.96. The minimum Gasteiger partial charge on any atom is -0.356 e. The van der Waals surface area contributed by atoms with Gasteiger partial charge in [-0.2, -0.15) is 0 Å². The van der Waals surface area contributed by atoms with Crippen molar-refractivity contribution in [2.45, 2.75) is 20.3 Å². The number of anilines is 2. The highest BCUT2D eigenvalue weighted by Gasteiger charge is 2.02. The van der Waals surface area contributed by atoms with Crippen molar-refractivity contribution in [3.8, 4) is 0 Å². The van der Waals surface area contributed by atoms with Crippen molar-refractivity contribution < 1.29 is 4.79 Å². The Labute approximate surface area is 108 Å². The molecule has 0 aliphatic rings. The number of benzene rings is 2. The molecule has 0 aliphatic heterocycles. The van der Waals surface area contributed by atoms with E-state index in [1.54, 1.807) is 0 Å². The lowest BCUT2D eigenvalue weighted by Crippen LogP contribution is -1.96. The topological polar surface area (TPSA) is 29.1 Å². The molecule has 0 unspecified atom stereocenters. The minimum absolute atomic E-state index is 0.178. The molecule has 0 aliphatic carbocycles. The summed E-state index contributed by atoms with van der Waals surface area (Å²) in [5.41, 5.74) is 4.05. The Morgan fingerprint density at radius 2 is 1.44 bits per heavy atom. The van der Waals surface area contributed by atoms with E-state index in [4.69, 9.17) is 0 Å². The van der Waals surface area contributed by atoms with Gasteiger partial charge in [-0.3, -0.25) is 4.79 Å². The first-order chi connectivity index (χ1) is 8.69. The molecule has 0 saturated carbocycles. The van der Waals surface area contributed by atoms with Crippen LogP contribution in [0.1, 0.15) is 29.3 Å². The van der Waals surface area contributed by atoms with Crippen molar-refractivity contribution in [2.75, 3.05) is 5.32 Å². The summed E-state index contributed by atoms with van der Waals surface area (Å²) in [6, 6.07) is 15.8. The maximum absolute atomic E-state index is 11.5. The first-order valence-corrected chi connectivity index (χ1v) is 6.16. The lowest BCUT2D eigenvalue weighted by atomic mass is 10.1. The number of nitrogens with one attached hydrogen (secondary N) is 1. The van der Waals surface area contributed by atoms with E-state index in [1.807, 2.05) is 43.3 Å². The zero-order valence-electron chi connectivity index (χ0n) is 10.7. The van der Waals surface area contributed by atoms with Crippen molar-refractivity contribution >= 4 is 17.2 Å². The smallest absolute Gasteiger partial charge is 0.162 e. The van der Waals surface area contributed by atoms with E-state index in [0.29, 0.717) is 6.42 Å². The molecular formula is C16H17NO. The Morgan fingerprint density at radius 1 is 0.944 bits per heavy atom. The molecule has 0 heterocycles. The fourth-order valence-electron chi connectivity index (χ4n) is 1.75. The zero-order valence-corrected chi connectivity index (χ0v) is 10.7. The predicted molar refractivity (Wildman–Crippen MR) is 75.5 cm³/mol. The normalized spacial score (nSPS) is 10.1. The van der Waals surface area contributed by atoms with E-state index in [9.17, 15) is 4.79 Å². The first-order valence-electron chi connectivity index (χ1n) is 6.16. The van der Waals surface area contributed by atoms with Gasteiger partial charge in [-0.25, -0.2) is 0 Å². The number of carbonyl (C=O) groups excluding carboxylic acids is 1. The van der Waals surface area contributed by atoms with Gasteiger partial charge < -0.3 is 5.32 Å². The first kappa shape index (κ1) is 12.4. The fraction of sp³-hybridized carbons (Fsp3) is 0.188. The van der Waals surface area contributed by atoms with Gasteiger partial charge in [-0.05, 0) is 43.3 Å². The Hall–Kier alpha value is -2.09. The number of aryl methyl sites for hydroxylation is 1. The van der Waals surface area contributed by atoms with E-state index >= 15 is 0 Å². The maximum Gasteiger partial charge on any atom is 0.162 e. The van der Waals surface area contributed by atoms with E-state index < -0.39 is 0 Å². The number of carbonyl (C=O) groups is 1. The quantitative estimate of drug-likeness (QED) is 0.804. The Balaban J connectivity index is 2.10. The van der Waals surface area contributed by atoms with Crippen molar-refractivity contribution in [3.05, 3.63) is 59.7 Å². The van der Waals surface area contributed by atoms with Crippen LogP contribution in [0.5, 0.6) is 0 Å². The second-order valence-corrected chi connectivity index (χ2v) is 4.35. The molecule has 2 rings (SSSR count). The van der Waals surface area contributed by atoms with Gasteiger partial charge in [0.05, 0.1) is 0 Å². The largest absolute Gasteiger partial charge is 0.356 e. The molecule has 2 aromatic rings. The second-order valence-electron chi connectivity index (χ2n) is 4.35. The zero-order chi connectivity index (χ0) is 13.0. The summed E-state index contributed by atoms with van der Waals surface area (Å²) in [6.45, 7) is 3.94. The van der Waals surface area contributed by atoms with Crippen LogP contribution in [-0.4, -0.2) is 5.78 Å². The fourth-order valence-corrected chi connectivity index (χ4v) is 1.75. The molecule has 2 aromatic carbocycles. The average Bonchev–Trinajstić information content (AvgIpc) is 2.41. The molecule has 2 heteroatoms. The molecule has 92 valence electrons. The van der Waals surface area contributed by atoms with Crippen molar-refractivity contribution in [3.63, 3.8) is 0 Å². The number of Topliss-reactive ketones (excluding diaryl/α,β-unsaturated/α-hetero) is 1. The molecule has 0 amide bonds. The summed E-state index contributed by atoms with van der Waals surface area (Å²) >= 11 is 0. The van der Waals surface area contributed by atoms with Crippen LogP contribution in [-0.2, 0) is 0 Å². The molecule has 0 atom stereocenters. The molecule has 0 saturated heterocycles.